The van der Waals surface area contributed by atoms with Crippen LogP contribution in [0.15, 0.2) is 30.3 Å². The van der Waals surface area contributed by atoms with Crippen LogP contribution in [-0.4, -0.2) is 21.6 Å². The second kappa shape index (κ2) is 6.49. The van der Waals surface area contributed by atoms with Crippen LogP contribution in [0.5, 0.6) is 0 Å². The first-order valence-corrected chi connectivity index (χ1v) is 9.30. The summed E-state index contributed by atoms with van der Waals surface area (Å²) in [4.78, 5) is 11.8. The number of nitrogens with zero attached hydrogens (tertiary/aromatic N) is 2. The molecular weight excluding hydrogens is 318 g/mol. The molecule has 0 spiro atoms. The Hall–Kier alpha value is -1.98. The van der Waals surface area contributed by atoms with Gasteiger partial charge in [0.2, 0.25) is 0 Å². The Balaban J connectivity index is 1.65. The van der Waals surface area contributed by atoms with Crippen LogP contribution in [-0.2, 0) is 12.8 Å². The van der Waals surface area contributed by atoms with Gasteiger partial charge < -0.3 is 10.4 Å². The van der Waals surface area contributed by atoms with E-state index in [1.807, 2.05) is 37.3 Å². The summed E-state index contributed by atoms with van der Waals surface area (Å²) in [6.07, 6.45) is 4.21. The van der Waals surface area contributed by atoms with Crippen molar-refractivity contribution in [2.75, 3.05) is 11.9 Å². The Morgan fingerprint density at radius 2 is 1.96 bits per heavy atom. The van der Waals surface area contributed by atoms with Crippen LogP contribution in [0.1, 0.15) is 40.8 Å². The van der Waals surface area contributed by atoms with Gasteiger partial charge in [0.25, 0.3) is 0 Å². The molecule has 0 saturated heterocycles. The average molecular weight is 339 g/mol. The summed E-state index contributed by atoms with van der Waals surface area (Å²) >= 11 is 1.81. The minimum absolute atomic E-state index is 0.445. The molecule has 0 bridgehead atoms. The first kappa shape index (κ1) is 15.5. The maximum absolute atomic E-state index is 10.4. The summed E-state index contributed by atoms with van der Waals surface area (Å²) in [6, 6.07) is 9.74. The van der Waals surface area contributed by atoms with E-state index in [9.17, 15) is 5.11 Å². The number of rotatable bonds is 4. The summed E-state index contributed by atoms with van der Waals surface area (Å²) < 4.78 is 0. The SMILES string of the molecule is Cc1nc(NC[C@H](O)c2ccccc2)c2c3c(sc2n1)CCCC3. The molecule has 2 aromatic heterocycles. The standard InChI is InChI=1S/C19H21N3OS/c1-12-21-18(20-11-15(23)13-7-3-2-4-8-13)17-14-9-5-6-10-16(14)24-19(17)22-12/h2-4,7-8,15,23H,5-6,9-11H2,1H3,(H,20,21,22)/t15-/m0/s1. The highest BCUT2D eigenvalue weighted by Gasteiger charge is 2.21. The van der Waals surface area contributed by atoms with Gasteiger partial charge in [-0.05, 0) is 43.7 Å². The first-order chi connectivity index (χ1) is 11.7. The number of aryl methyl sites for hydroxylation is 3. The van der Waals surface area contributed by atoms with E-state index in [0.717, 1.165) is 34.9 Å². The molecule has 3 aromatic rings. The van der Waals surface area contributed by atoms with Crippen molar-refractivity contribution in [3.8, 4) is 0 Å². The van der Waals surface area contributed by atoms with Crippen molar-refractivity contribution in [1.29, 1.82) is 0 Å². The number of hydrogen-bond donors (Lipinski definition) is 2. The monoisotopic (exact) mass is 339 g/mol. The van der Waals surface area contributed by atoms with Crippen LogP contribution in [0.4, 0.5) is 5.82 Å². The van der Waals surface area contributed by atoms with Crippen LogP contribution in [0.25, 0.3) is 10.2 Å². The molecule has 2 N–H and O–H groups in total. The lowest BCUT2D eigenvalue weighted by atomic mass is 9.97. The number of nitrogens with one attached hydrogen (secondary N) is 1. The summed E-state index contributed by atoms with van der Waals surface area (Å²) in [7, 11) is 0. The lowest BCUT2D eigenvalue weighted by Gasteiger charge is -2.15. The Morgan fingerprint density at radius 1 is 1.17 bits per heavy atom. The third-order valence-electron chi connectivity index (χ3n) is 4.57. The van der Waals surface area contributed by atoms with Crippen LogP contribution in [0, 0.1) is 6.92 Å². The van der Waals surface area contributed by atoms with E-state index in [2.05, 4.69) is 15.3 Å². The topological polar surface area (TPSA) is 58.0 Å². The zero-order chi connectivity index (χ0) is 16.5. The van der Waals surface area contributed by atoms with Gasteiger partial charge in [0, 0.05) is 11.4 Å². The van der Waals surface area contributed by atoms with E-state index in [1.54, 1.807) is 11.3 Å². The third-order valence-corrected chi connectivity index (χ3v) is 5.76. The second-order valence-electron chi connectivity index (χ2n) is 6.32. The molecule has 0 amide bonds. The average Bonchev–Trinajstić information content (AvgIpc) is 2.98. The maximum Gasteiger partial charge on any atom is 0.138 e. The number of aliphatic hydroxyl groups is 1. The van der Waals surface area contributed by atoms with Gasteiger partial charge in [-0.1, -0.05) is 30.3 Å². The minimum Gasteiger partial charge on any atom is -0.387 e. The third kappa shape index (κ3) is 2.89. The maximum atomic E-state index is 10.4. The molecule has 5 heteroatoms. The highest BCUT2D eigenvalue weighted by Crippen LogP contribution is 2.38. The lowest BCUT2D eigenvalue weighted by Crippen LogP contribution is -2.14. The van der Waals surface area contributed by atoms with Gasteiger partial charge in [-0.3, -0.25) is 0 Å². The zero-order valence-corrected chi connectivity index (χ0v) is 14.6. The van der Waals surface area contributed by atoms with Gasteiger partial charge in [-0.2, -0.15) is 0 Å². The number of aliphatic hydroxyl groups excluding tert-OH is 1. The molecule has 0 saturated carbocycles. The largest absolute Gasteiger partial charge is 0.387 e. The molecule has 0 aliphatic heterocycles. The summed E-state index contributed by atoms with van der Waals surface area (Å²) in [5.41, 5.74) is 2.33. The number of hydrogen-bond acceptors (Lipinski definition) is 5. The zero-order valence-electron chi connectivity index (χ0n) is 13.7. The van der Waals surface area contributed by atoms with E-state index in [-0.39, 0.29) is 0 Å². The predicted molar refractivity (Wildman–Crippen MR) is 98.7 cm³/mol. The lowest BCUT2D eigenvalue weighted by molar-refractivity contribution is 0.191. The van der Waals surface area contributed by atoms with Crippen LogP contribution in [0.2, 0.25) is 0 Å². The van der Waals surface area contributed by atoms with Crippen LogP contribution in [0.3, 0.4) is 0 Å². The van der Waals surface area contributed by atoms with Crippen molar-refractivity contribution in [1.82, 2.24) is 9.97 Å². The fourth-order valence-corrected chi connectivity index (χ4v) is 4.69. The molecule has 0 radical (unpaired) electrons. The molecule has 0 unspecified atom stereocenters. The Labute approximate surface area is 145 Å². The molecule has 4 rings (SSSR count). The van der Waals surface area contributed by atoms with E-state index in [1.165, 1.54) is 28.7 Å². The second-order valence-corrected chi connectivity index (χ2v) is 7.40. The minimum atomic E-state index is -0.550. The van der Waals surface area contributed by atoms with E-state index in [0.29, 0.717) is 6.54 Å². The summed E-state index contributed by atoms with van der Waals surface area (Å²) in [5, 5.41) is 14.9. The van der Waals surface area contributed by atoms with Crippen molar-refractivity contribution in [3.05, 3.63) is 52.2 Å². The number of anilines is 1. The smallest absolute Gasteiger partial charge is 0.138 e. The number of aromatic nitrogens is 2. The molecule has 24 heavy (non-hydrogen) atoms. The van der Waals surface area contributed by atoms with Gasteiger partial charge in [0.05, 0.1) is 11.5 Å². The molecular formula is C19H21N3OS. The molecule has 1 aliphatic carbocycles. The van der Waals surface area contributed by atoms with Crippen LogP contribution < -0.4 is 5.32 Å². The number of thiophene rings is 1. The normalized spacial score (nSPS) is 15.2. The molecule has 1 aliphatic rings. The number of fused-ring (bicyclic) bond motifs is 3. The molecule has 4 nitrogen and oxygen atoms in total. The van der Waals surface area contributed by atoms with E-state index in [4.69, 9.17) is 0 Å². The van der Waals surface area contributed by atoms with Gasteiger partial charge in [0.1, 0.15) is 16.5 Å². The Kier molecular flexibility index (Phi) is 4.21. The quantitative estimate of drug-likeness (QED) is 0.754. The summed E-state index contributed by atoms with van der Waals surface area (Å²) in [5.74, 6) is 1.64. The molecule has 1 atom stereocenters. The van der Waals surface area contributed by atoms with Crippen molar-refractivity contribution in [2.24, 2.45) is 0 Å². The highest BCUT2D eigenvalue weighted by atomic mass is 32.1. The van der Waals surface area contributed by atoms with Crippen LogP contribution >= 0.6 is 11.3 Å². The fourth-order valence-electron chi connectivity index (χ4n) is 3.38. The Bertz CT molecular complexity index is 860. The molecule has 0 fully saturated rings. The van der Waals surface area contributed by atoms with Gasteiger partial charge in [-0.25, -0.2) is 9.97 Å². The van der Waals surface area contributed by atoms with Crippen molar-refractivity contribution in [2.45, 2.75) is 38.7 Å². The van der Waals surface area contributed by atoms with E-state index < -0.39 is 6.10 Å². The molecule has 2 heterocycles. The predicted octanol–water partition coefficient (Wildman–Crippen LogP) is 4.02. The molecule has 124 valence electrons. The van der Waals surface area contributed by atoms with E-state index >= 15 is 0 Å². The van der Waals surface area contributed by atoms with Crippen molar-refractivity contribution < 1.29 is 5.11 Å². The first-order valence-electron chi connectivity index (χ1n) is 8.48. The van der Waals surface area contributed by atoms with Gasteiger partial charge >= 0.3 is 0 Å². The van der Waals surface area contributed by atoms with Crippen molar-refractivity contribution >= 4 is 27.4 Å². The highest BCUT2D eigenvalue weighted by molar-refractivity contribution is 7.19. The Morgan fingerprint density at radius 3 is 2.79 bits per heavy atom. The number of benzene rings is 1. The van der Waals surface area contributed by atoms with Gasteiger partial charge in [-0.15, -0.1) is 11.3 Å². The van der Waals surface area contributed by atoms with Gasteiger partial charge in [0.15, 0.2) is 0 Å². The summed E-state index contributed by atoms with van der Waals surface area (Å²) in [6.45, 7) is 2.37. The van der Waals surface area contributed by atoms with Crippen molar-refractivity contribution in [3.63, 3.8) is 0 Å². The molecule has 1 aromatic carbocycles. The fraction of sp³-hybridized carbons (Fsp3) is 0.368.